The summed E-state index contributed by atoms with van der Waals surface area (Å²) >= 11 is 0. The third kappa shape index (κ3) is 5.80. The fourth-order valence-electron chi connectivity index (χ4n) is 2.86. The van der Waals surface area contributed by atoms with E-state index >= 15 is 0 Å². The molecule has 0 aromatic heterocycles. The van der Waals surface area contributed by atoms with Crippen LogP contribution in [0.4, 0.5) is 0 Å². The van der Waals surface area contributed by atoms with Gasteiger partial charge in [0.05, 0.1) is 11.4 Å². The van der Waals surface area contributed by atoms with Crippen molar-refractivity contribution < 1.29 is 22.7 Å². The molecule has 0 bridgehead atoms. The number of nitrogens with one attached hydrogen (secondary N) is 2. The topological polar surface area (TPSA) is 105 Å². The average Bonchev–Trinajstić information content (AvgIpc) is 2.76. The lowest BCUT2D eigenvalue weighted by atomic mass is 10.1. The van der Waals surface area contributed by atoms with Crippen LogP contribution in [0.2, 0.25) is 0 Å². The van der Waals surface area contributed by atoms with Crippen molar-refractivity contribution in [2.24, 2.45) is 0 Å². The molecule has 0 aliphatic carbocycles. The van der Waals surface area contributed by atoms with Gasteiger partial charge < -0.3 is 4.74 Å². The van der Waals surface area contributed by atoms with Crippen molar-refractivity contribution in [2.75, 3.05) is 20.2 Å². The van der Waals surface area contributed by atoms with E-state index in [1.54, 1.807) is 30.3 Å². The fraction of sp³-hybridized carbons (Fsp3) is 0.182. The molecule has 0 radical (unpaired) electrons. The van der Waals surface area contributed by atoms with E-state index in [4.69, 9.17) is 4.74 Å². The van der Waals surface area contributed by atoms with Crippen LogP contribution in [0, 0.1) is 6.92 Å². The Balaban J connectivity index is 1.52. The quantitative estimate of drug-likeness (QED) is 0.546. The number of sulfonamides is 1. The average molecular weight is 442 g/mol. The first kappa shape index (κ1) is 22.3. The van der Waals surface area contributed by atoms with Crippen molar-refractivity contribution in [3.8, 4) is 5.75 Å². The number of ether oxygens (including phenoxy) is 1. The molecule has 0 atom stereocenters. The summed E-state index contributed by atoms with van der Waals surface area (Å²) in [6.07, 6.45) is 0. The van der Waals surface area contributed by atoms with Crippen LogP contribution in [-0.4, -0.2) is 44.7 Å². The number of hydrogen-bond donors (Lipinski definition) is 2. The molecule has 0 fully saturated rings. The predicted molar refractivity (Wildman–Crippen MR) is 117 cm³/mol. The van der Waals surface area contributed by atoms with Crippen molar-refractivity contribution in [2.45, 2.75) is 11.8 Å². The summed E-state index contributed by atoms with van der Waals surface area (Å²) in [5, 5.41) is 1.69. The first-order valence-electron chi connectivity index (χ1n) is 9.48. The molecule has 9 heteroatoms. The highest BCUT2D eigenvalue weighted by Crippen LogP contribution is 2.21. The number of benzene rings is 3. The van der Waals surface area contributed by atoms with E-state index in [1.807, 2.05) is 37.3 Å². The Kier molecular flexibility index (Phi) is 6.88. The van der Waals surface area contributed by atoms with Crippen LogP contribution >= 0.6 is 0 Å². The van der Waals surface area contributed by atoms with Gasteiger partial charge in [0.25, 0.3) is 11.8 Å². The van der Waals surface area contributed by atoms with Gasteiger partial charge in [0.1, 0.15) is 5.75 Å². The molecule has 3 aromatic carbocycles. The molecule has 0 unspecified atom stereocenters. The molecule has 0 saturated heterocycles. The van der Waals surface area contributed by atoms with E-state index in [1.165, 1.54) is 13.1 Å². The minimum atomic E-state index is -3.88. The summed E-state index contributed by atoms with van der Waals surface area (Å²) in [7, 11) is -2.58. The Morgan fingerprint density at radius 2 is 1.61 bits per heavy atom. The molecule has 162 valence electrons. The van der Waals surface area contributed by atoms with Crippen LogP contribution in [0.25, 0.3) is 10.8 Å². The lowest BCUT2D eigenvalue weighted by Crippen LogP contribution is -2.48. The molecule has 3 rings (SSSR count). The monoisotopic (exact) mass is 441 g/mol. The highest BCUT2D eigenvalue weighted by atomic mass is 32.2. The Hall–Kier alpha value is -3.43. The smallest absolute Gasteiger partial charge is 0.276 e. The number of carbonyl (C=O) groups is 2. The molecule has 0 heterocycles. The van der Waals surface area contributed by atoms with Crippen LogP contribution < -0.4 is 15.6 Å². The summed E-state index contributed by atoms with van der Waals surface area (Å²) in [5.41, 5.74) is 5.38. The zero-order valence-corrected chi connectivity index (χ0v) is 18.0. The van der Waals surface area contributed by atoms with Gasteiger partial charge >= 0.3 is 0 Å². The molecule has 8 nitrogen and oxygen atoms in total. The molecule has 2 N–H and O–H groups in total. The second-order valence-corrected chi connectivity index (χ2v) is 9.02. The number of amides is 2. The lowest BCUT2D eigenvalue weighted by molar-refractivity contribution is -0.130. The Labute approximate surface area is 180 Å². The number of nitrogens with zero attached hydrogens (tertiary/aromatic N) is 1. The standard InChI is InChI=1S/C22H23N3O5S/c1-16-6-5-9-19(12-16)30-15-22(27)24-23-21(26)14-25(2)31(28,29)20-11-10-17-7-3-4-8-18(17)13-20/h3-13H,14-15H2,1-2H3,(H,23,26)(H,24,27). The third-order valence-electron chi connectivity index (χ3n) is 4.50. The number of hydrogen-bond acceptors (Lipinski definition) is 5. The molecular formula is C22H23N3O5S. The van der Waals surface area contributed by atoms with Crippen molar-refractivity contribution in [3.05, 3.63) is 72.3 Å². The van der Waals surface area contributed by atoms with Gasteiger partial charge in [-0.2, -0.15) is 4.31 Å². The SMILES string of the molecule is Cc1cccc(OCC(=O)NNC(=O)CN(C)S(=O)(=O)c2ccc3ccccc3c2)c1. The van der Waals surface area contributed by atoms with Gasteiger partial charge in [0.2, 0.25) is 10.0 Å². The summed E-state index contributed by atoms with van der Waals surface area (Å²) in [4.78, 5) is 24.0. The Bertz CT molecular complexity index is 1210. The minimum absolute atomic E-state index is 0.0806. The lowest BCUT2D eigenvalue weighted by Gasteiger charge is -2.17. The van der Waals surface area contributed by atoms with Crippen molar-refractivity contribution in [3.63, 3.8) is 0 Å². The van der Waals surface area contributed by atoms with E-state index in [0.717, 1.165) is 20.6 Å². The predicted octanol–water partition coefficient (Wildman–Crippen LogP) is 2.00. The first-order chi connectivity index (χ1) is 14.8. The fourth-order valence-corrected chi connectivity index (χ4v) is 4.03. The maximum Gasteiger partial charge on any atom is 0.276 e. The molecule has 31 heavy (non-hydrogen) atoms. The second kappa shape index (κ2) is 9.59. The number of carbonyl (C=O) groups excluding carboxylic acids is 2. The normalized spacial score (nSPS) is 11.3. The maximum atomic E-state index is 12.8. The summed E-state index contributed by atoms with van der Waals surface area (Å²) < 4.78 is 31.8. The molecule has 0 aliphatic rings. The van der Waals surface area contributed by atoms with Gasteiger partial charge in [-0.1, -0.05) is 42.5 Å². The van der Waals surface area contributed by atoms with Crippen LogP contribution in [0.3, 0.4) is 0 Å². The number of fused-ring (bicyclic) bond motifs is 1. The van der Waals surface area contributed by atoms with E-state index in [9.17, 15) is 18.0 Å². The number of rotatable bonds is 7. The Morgan fingerprint density at radius 3 is 2.35 bits per heavy atom. The minimum Gasteiger partial charge on any atom is -0.484 e. The van der Waals surface area contributed by atoms with Crippen LogP contribution in [0.1, 0.15) is 5.56 Å². The molecular weight excluding hydrogens is 418 g/mol. The first-order valence-corrected chi connectivity index (χ1v) is 10.9. The summed E-state index contributed by atoms with van der Waals surface area (Å²) in [6.45, 7) is 1.14. The molecule has 0 spiro atoms. The van der Waals surface area contributed by atoms with Crippen LogP contribution in [0.15, 0.2) is 71.6 Å². The molecule has 0 aliphatic heterocycles. The van der Waals surface area contributed by atoms with Gasteiger partial charge in [0.15, 0.2) is 6.61 Å². The molecule has 3 aromatic rings. The van der Waals surface area contributed by atoms with Gasteiger partial charge in [0, 0.05) is 7.05 Å². The number of likely N-dealkylation sites (N-methyl/N-ethyl adjacent to an activating group) is 1. The molecule has 0 saturated carbocycles. The van der Waals surface area contributed by atoms with Crippen molar-refractivity contribution >= 4 is 32.6 Å². The van der Waals surface area contributed by atoms with E-state index < -0.39 is 28.4 Å². The van der Waals surface area contributed by atoms with Crippen LogP contribution in [0.5, 0.6) is 5.75 Å². The van der Waals surface area contributed by atoms with Gasteiger partial charge in [-0.05, 0) is 47.5 Å². The summed E-state index contributed by atoms with van der Waals surface area (Å²) in [5.74, 6) is -0.728. The van der Waals surface area contributed by atoms with Gasteiger partial charge in [-0.25, -0.2) is 8.42 Å². The maximum absolute atomic E-state index is 12.8. The molecule has 2 amide bonds. The zero-order valence-electron chi connectivity index (χ0n) is 17.2. The van der Waals surface area contributed by atoms with Crippen molar-refractivity contribution in [1.82, 2.24) is 15.2 Å². The number of aryl methyl sites for hydroxylation is 1. The number of hydrazine groups is 1. The van der Waals surface area contributed by atoms with E-state index in [2.05, 4.69) is 10.9 Å². The van der Waals surface area contributed by atoms with E-state index in [-0.39, 0.29) is 11.5 Å². The van der Waals surface area contributed by atoms with Gasteiger partial charge in [-0.3, -0.25) is 20.4 Å². The highest BCUT2D eigenvalue weighted by Gasteiger charge is 2.23. The Morgan fingerprint density at radius 1 is 0.903 bits per heavy atom. The third-order valence-corrected chi connectivity index (χ3v) is 6.30. The largest absolute Gasteiger partial charge is 0.484 e. The highest BCUT2D eigenvalue weighted by molar-refractivity contribution is 7.89. The van der Waals surface area contributed by atoms with E-state index in [0.29, 0.717) is 5.75 Å². The van der Waals surface area contributed by atoms with Gasteiger partial charge in [-0.15, -0.1) is 0 Å². The van der Waals surface area contributed by atoms with Crippen molar-refractivity contribution in [1.29, 1.82) is 0 Å². The zero-order chi connectivity index (χ0) is 22.4. The second-order valence-electron chi connectivity index (χ2n) is 6.97. The summed E-state index contributed by atoms with van der Waals surface area (Å²) in [6, 6.07) is 19.3. The van der Waals surface area contributed by atoms with Crippen LogP contribution in [-0.2, 0) is 19.6 Å².